The van der Waals surface area contributed by atoms with Crippen LogP contribution < -0.4 is 5.73 Å². The molecule has 2 aromatic rings. The van der Waals surface area contributed by atoms with Crippen molar-refractivity contribution >= 4 is 0 Å². The number of furan rings is 1. The van der Waals surface area contributed by atoms with Crippen molar-refractivity contribution in [3.63, 3.8) is 0 Å². The minimum absolute atomic E-state index is 0.0835. The van der Waals surface area contributed by atoms with Gasteiger partial charge in [-0.2, -0.15) is 0 Å². The Morgan fingerprint density at radius 3 is 2.79 bits per heavy atom. The highest BCUT2D eigenvalue weighted by Gasteiger charge is 2.08. The zero-order valence-electron chi connectivity index (χ0n) is 8.24. The van der Waals surface area contributed by atoms with Crippen molar-refractivity contribution in [3.8, 4) is 11.5 Å². The van der Waals surface area contributed by atoms with Gasteiger partial charge in [-0.25, -0.2) is 4.98 Å². The van der Waals surface area contributed by atoms with Crippen LogP contribution in [0.15, 0.2) is 22.7 Å². The molecule has 14 heavy (non-hydrogen) atoms. The number of imidazole rings is 1. The number of H-pyrrole nitrogens is 1. The SMILES string of the molecule is Cc1ccc(-c2cnc(C(C)N)[nH]2)o1. The van der Waals surface area contributed by atoms with Gasteiger partial charge in [0.1, 0.15) is 17.3 Å². The summed E-state index contributed by atoms with van der Waals surface area (Å²) in [7, 11) is 0. The fourth-order valence-electron chi connectivity index (χ4n) is 1.27. The lowest BCUT2D eigenvalue weighted by Crippen LogP contribution is -2.06. The monoisotopic (exact) mass is 191 g/mol. The second-order valence-corrected chi connectivity index (χ2v) is 3.38. The molecule has 2 heterocycles. The van der Waals surface area contributed by atoms with Gasteiger partial charge in [0.2, 0.25) is 0 Å². The van der Waals surface area contributed by atoms with Crippen molar-refractivity contribution < 1.29 is 4.42 Å². The highest BCUT2D eigenvalue weighted by atomic mass is 16.3. The third kappa shape index (κ3) is 1.56. The first-order valence-corrected chi connectivity index (χ1v) is 4.54. The van der Waals surface area contributed by atoms with Crippen LogP contribution in [-0.2, 0) is 0 Å². The molecule has 0 aliphatic rings. The van der Waals surface area contributed by atoms with Crippen molar-refractivity contribution in [2.24, 2.45) is 5.73 Å². The molecule has 74 valence electrons. The molecular weight excluding hydrogens is 178 g/mol. The molecule has 0 saturated carbocycles. The average molecular weight is 191 g/mol. The summed E-state index contributed by atoms with van der Waals surface area (Å²) < 4.78 is 5.45. The summed E-state index contributed by atoms with van der Waals surface area (Å²) in [5.41, 5.74) is 6.55. The van der Waals surface area contributed by atoms with Crippen LogP contribution in [0, 0.1) is 6.92 Å². The van der Waals surface area contributed by atoms with Crippen molar-refractivity contribution in [1.82, 2.24) is 9.97 Å². The first-order chi connectivity index (χ1) is 6.66. The summed E-state index contributed by atoms with van der Waals surface area (Å²) in [5, 5.41) is 0. The number of nitrogens with one attached hydrogen (secondary N) is 1. The van der Waals surface area contributed by atoms with Crippen molar-refractivity contribution in [3.05, 3.63) is 29.9 Å². The zero-order chi connectivity index (χ0) is 10.1. The Morgan fingerprint density at radius 1 is 1.50 bits per heavy atom. The third-order valence-corrected chi connectivity index (χ3v) is 2.03. The molecule has 1 atom stereocenters. The number of aromatic amines is 1. The molecule has 3 N–H and O–H groups in total. The Hall–Kier alpha value is -1.55. The van der Waals surface area contributed by atoms with Crippen LogP contribution in [-0.4, -0.2) is 9.97 Å². The molecule has 4 nitrogen and oxygen atoms in total. The fraction of sp³-hybridized carbons (Fsp3) is 0.300. The zero-order valence-corrected chi connectivity index (χ0v) is 8.24. The summed E-state index contributed by atoms with van der Waals surface area (Å²) in [4.78, 5) is 7.27. The van der Waals surface area contributed by atoms with Crippen LogP contribution in [0.4, 0.5) is 0 Å². The molecule has 4 heteroatoms. The molecule has 0 saturated heterocycles. The predicted octanol–water partition coefficient (Wildman–Crippen LogP) is 2.00. The number of hydrogen-bond donors (Lipinski definition) is 2. The van der Waals surface area contributed by atoms with E-state index in [1.165, 1.54) is 0 Å². The summed E-state index contributed by atoms with van der Waals surface area (Å²) in [6, 6.07) is 3.75. The van der Waals surface area contributed by atoms with E-state index >= 15 is 0 Å². The molecule has 0 bridgehead atoms. The molecule has 0 radical (unpaired) electrons. The fourth-order valence-corrected chi connectivity index (χ4v) is 1.27. The van der Waals surface area contributed by atoms with Gasteiger partial charge >= 0.3 is 0 Å². The van der Waals surface area contributed by atoms with Gasteiger partial charge in [-0.15, -0.1) is 0 Å². The number of nitrogens with zero attached hydrogens (tertiary/aromatic N) is 1. The maximum absolute atomic E-state index is 5.69. The second kappa shape index (κ2) is 3.31. The van der Waals surface area contributed by atoms with Crippen LogP contribution in [0.5, 0.6) is 0 Å². The Labute approximate surface area is 82.1 Å². The smallest absolute Gasteiger partial charge is 0.152 e. The molecule has 0 aromatic carbocycles. The first kappa shape index (κ1) is 9.02. The van der Waals surface area contributed by atoms with Gasteiger partial charge < -0.3 is 15.1 Å². The highest BCUT2D eigenvalue weighted by Crippen LogP contribution is 2.20. The van der Waals surface area contributed by atoms with E-state index in [2.05, 4.69) is 9.97 Å². The van der Waals surface area contributed by atoms with Gasteiger partial charge in [-0.1, -0.05) is 0 Å². The lowest BCUT2D eigenvalue weighted by Gasteiger charge is -1.97. The van der Waals surface area contributed by atoms with E-state index in [0.29, 0.717) is 0 Å². The van der Waals surface area contributed by atoms with Gasteiger partial charge in [0.25, 0.3) is 0 Å². The minimum atomic E-state index is -0.0835. The Bertz CT molecular complexity index is 428. The van der Waals surface area contributed by atoms with Crippen molar-refractivity contribution in [1.29, 1.82) is 0 Å². The topological polar surface area (TPSA) is 67.8 Å². The second-order valence-electron chi connectivity index (χ2n) is 3.38. The van der Waals surface area contributed by atoms with E-state index in [4.69, 9.17) is 10.2 Å². The average Bonchev–Trinajstić information content (AvgIpc) is 2.70. The maximum atomic E-state index is 5.69. The normalized spacial score (nSPS) is 13.1. The van der Waals surface area contributed by atoms with Crippen LogP contribution in [0.2, 0.25) is 0 Å². The lowest BCUT2D eigenvalue weighted by atomic mass is 10.3. The maximum Gasteiger partial charge on any atom is 0.152 e. The van der Waals surface area contributed by atoms with Gasteiger partial charge in [-0.3, -0.25) is 0 Å². The van der Waals surface area contributed by atoms with E-state index < -0.39 is 0 Å². The molecular formula is C10H13N3O. The lowest BCUT2D eigenvalue weighted by molar-refractivity contribution is 0.546. The number of hydrogen-bond acceptors (Lipinski definition) is 3. The van der Waals surface area contributed by atoms with Crippen molar-refractivity contribution in [2.45, 2.75) is 19.9 Å². The predicted molar refractivity (Wildman–Crippen MR) is 53.6 cm³/mol. The van der Waals surface area contributed by atoms with Gasteiger partial charge in [-0.05, 0) is 26.0 Å². The van der Waals surface area contributed by atoms with Crippen LogP contribution in [0.3, 0.4) is 0 Å². The highest BCUT2D eigenvalue weighted by molar-refractivity contribution is 5.51. The van der Waals surface area contributed by atoms with Crippen LogP contribution >= 0.6 is 0 Å². The van der Waals surface area contributed by atoms with E-state index in [9.17, 15) is 0 Å². The largest absolute Gasteiger partial charge is 0.460 e. The van der Waals surface area contributed by atoms with E-state index in [1.807, 2.05) is 26.0 Å². The van der Waals surface area contributed by atoms with E-state index in [0.717, 1.165) is 23.0 Å². The van der Waals surface area contributed by atoms with Crippen LogP contribution in [0.25, 0.3) is 11.5 Å². The minimum Gasteiger partial charge on any atom is -0.460 e. The number of nitrogens with two attached hydrogens (primary N) is 1. The van der Waals surface area contributed by atoms with E-state index in [1.54, 1.807) is 6.20 Å². The third-order valence-electron chi connectivity index (χ3n) is 2.03. The Balaban J connectivity index is 2.33. The number of aryl methyl sites for hydroxylation is 1. The number of rotatable bonds is 2. The standard InChI is InChI=1S/C10H13N3O/c1-6-3-4-9(14-6)8-5-12-10(13-8)7(2)11/h3-5,7H,11H2,1-2H3,(H,12,13). The summed E-state index contributed by atoms with van der Waals surface area (Å²) in [5.74, 6) is 2.45. The Morgan fingerprint density at radius 2 is 2.29 bits per heavy atom. The van der Waals surface area contributed by atoms with Gasteiger partial charge in [0.05, 0.1) is 12.2 Å². The molecule has 0 aliphatic carbocycles. The first-order valence-electron chi connectivity index (χ1n) is 4.54. The molecule has 0 amide bonds. The molecule has 0 fully saturated rings. The quantitative estimate of drug-likeness (QED) is 0.762. The van der Waals surface area contributed by atoms with E-state index in [-0.39, 0.29) is 6.04 Å². The van der Waals surface area contributed by atoms with Gasteiger partial charge in [0, 0.05) is 0 Å². The molecule has 1 unspecified atom stereocenters. The van der Waals surface area contributed by atoms with Gasteiger partial charge in [0.15, 0.2) is 5.76 Å². The molecule has 2 aromatic heterocycles. The Kier molecular flexibility index (Phi) is 2.13. The summed E-state index contributed by atoms with van der Waals surface area (Å²) in [6.45, 7) is 3.79. The number of aromatic nitrogens is 2. The molecule has 0 spiro atoms. The molecule has 2 rings (SSSR count). The van der Waals surface area contributed by atoms with Crippen LogP contribution in [0.1, 0.15) is 24.6 Å². The summed E-state index contributed by atoms with van der Waals surface area (Å²) in [6.07, 6.45) is 1.73. The molecule has 0 aliphatic heterocycles. The summed E-state index contributed by atoms with van der Waals surface area (Å²) >= 11 is 0. The van der Waals surface area contributed by atoms with Crippen molar-refractivity contribution in [2.75, 3.05) is 0 Å².